The van der Waals surface area contributed by atoms with E-state index in [0.29, 0.717) is 21.6 Å². The second-order valence-electron chi connectivity index (χ2n) is 7.28. The van der Waals surface area contributed by atoms with Crippen molar-refractivity contribution in [2.24, 2.45) is 0 Å². The maximum Gasteiger partial charge on any atom is 0.331 e. The lowest BCUT2D eigenvalue weighted by atomic mass is 10.0. The molecule has 4 nitrogen and oxygen atoms in total. The number of aliphatic carboxylic acids is 1. The van der Waals surface area contributed by atoms with E-state index < -0.39 is 5.97 Å². The Labute approximate surface area is 197 Å². The van der Waals surface area contributed by atoms with Crippen LogP contribution < -0.4 is 0 Å². The summed E-state index contributed by atoms with van der Waals surface area (Å²) >= 11 is 18.4. The summed E-state index contributed by atoms with van der Waals surface area (Å²) in [6.45, 7) is 2.65. The standard InChI is InChI=1S/C24H23Cl3N2O2/c1-2-3-8-23-28-14-19(29(23)15-17-6-4-5-7-20(17)25)13-18(24(30)31)11-16-9-10-21(26)22(27)12-16/h4-7,9-10,12-14H,2-3,8,11,15H2,1H3,(H,30,31)/b18-13+. The average Bonchev–Trinajstić information content (AvgIpc) is 3.11. The van der Waals surface area contributed by atoms with Crippen molar-refractivity contribution in [1.82, 2.24) is 9.55 Å². The molecule has 3 rings (SSSR count). The van der Waals surface area contributed by atoms with Crippen molar-refractivity contribution in [2.75, 3.05) is 0 Å². The first-order valence-corrected chi connectivity index (χ1v) is 11.2. The van der Waals surface area contributed by atoms with Gasteiger partial charge in [0.25, 0.3) is 0 Å². The van der Waals surface area contributed by atoms with Gasteiger partial charge in [-0.05, 0) is 41.8 Å². The van der Waals surface area contributed by atoms with Crippen molar-refractivity contribution in [3.8, 4) is 0 Å². The first-order chi connectivity index (χ1) is 14.9. The van der Waals surface area contributed by atoms with Gasteiger partial charge in [0.1, 0.15) is 5.82 Å². The van der Waals surface area contributed by atoms with Crippen molar-refractivity contribution in [3.63, 3.8) is 0 Å². The van der Waals surface area contributed by atoms with E-state index in [1.165, 1.54) is 0 Å². The summed E-state index contributed by atoms with van der Waals surface area (Å²) in [7, 11) is 0. The number of rotatable bonds is 9. The third kappa shape index (κ3) is 6.13. The summed E-state index contributed by atoms with van der Waals surface area (Å²) in [5.74, 6) is -0.0843. The summed E-state index contributed by atoms with van der Waals surface area (Å²) in [5.41, 5.74) is 2.69. The number of nitrogens with zero attached hydrogens (tertiary/aromatic N) is 2. The van der Waals surface area contributed by atoms with Gasteiger partial charge in [0.15, 0.2) is 0 Å². The zero-order valence-electron chi connectivity index (χ0n) is 17.1. The minimum atomic E-state index is -0.994. The molecular formula is C24H23Cl3N2O2. The fourth-order valence-corrected chi connectivity index (χ4v) is 3.81. The normalized spacial score (nSPS) is 11.7. The molecule has 0 bridgehead atoms. The Bertz CT molecular complexity index is 1110. The zero-order chi connectivity index (χ0) is 22.4. The number of aryl methyl sites for hydroxylation is 1. The molecule has 0 unspecified atom stereocenters. The van der Waals surface area contributed by atoms with Crippen LogP contribution in [-0.4, -0.2) is 20.6 Å². The van der Waals surface area contributed by atoms with Crippen LogP contribution in [0, 0.1) is 0 Å². The second-order valence-corrected chi connectivity index (χ2v) is 8.50. The van der Waals surface area contributed by atoms with Crippen LogP contribution in [0.3, 0.4) is 0 Å². The molecule has 162 valence electrons. The molecule has 2 aromatic carbocycles. The fourth-order valence-electron chi connectivity index (χ4n) is 3.29. The van der Waals surface area contributed by atoms with Gasteiger partial charge in [-0.25, -0.2) is 9.78 Å². The number of aromatic nitrogens is 2. The Hall–Kier alpha value is -2.27. The lowest BCUT2D eigenvalue weighted by molar-refractivity contribution is -0.132. The number of carbonyl (C=O) groups is 1. The topological polar surface area (TPSA) is 55.1 Å². The number of carboxylic acids is 1. The Morgan fingerprint density at radius 2 is 1.87 bits per heavy atom. The van der Waals surface area contributed by atoms with Gasteiger partial charge in [-0.1, -0.05) is 72.4 Å². The van der Waals surface area contributed by atoms with Gasteiger partial charge < -0.3 is 9.67 Å². The van der Waals surface area contributed by atoms with Gasteiger partial charge in [-0.3, -0.25) is 0 Å². The monoisotopic (exact) mass is 476 g/mol. The molecule has 0 radical (unpaired) electrons. The highest BCUT2D eigenvalue weighted by Gasteiger charge is 2.15. The molecule has 0 atom stereocenters. The van der Waals surface area contributed by atoms with Crippen LogP contribution in [-0.2, 0) is 24.2 Å². The SMILES string of the molecule is CCCCc1ncc(/C=C(\Cc2ccc(Cl)c(Cl)c2)C(=O)O)n1Cc1ccccc1Cl. The quantitative estimate of drug-likeness (QED) is 0.339. The molecule has 0 spiro atoms. The minimum absolute atomic E-state index is 0.216. The summed E-state index contributed by atoms with van der Waals surface area (Å²) in [4.78, 5) is 16.6. The first-order valence-electron chi connectivity index (χ1n) is 10.0. The third-order valence-corrected chi connectivity index (χ3v) is 6.09. The Kier molecular flexibility index (Phi) is 8.19. The molecule has 7 heteroatoms. The number of hydrogen-bond acceptors (Lipinski definition) is 2. The van der Waals surface area contributed by atoms with Crippen molar-refractivity contribution in [1.29, 1.82) is 0 Å². The van der Waals surface area contributed by atoms with Crippen LogP contribution >= 0.6 is 34.8 Å². The molecule has 1 aromatic heterocycles. The molecule has 0 saturated heterocycles. The van der Waals surface area contributed by atoms with Crippen molar-refractivity contribution in [3.05, 3.63) is 91.9 Å². The average molecular weight is 478 g/mol. The number of imidazole rings is 1. The van der Waals surface area contributed by atoms with Crippen molar-refractivity contribution in [2.45, 2.75) is 39.2 Å². The van der Waals surface area contributed by atoms with Gasteiger partial charge in [-0.15, -0.1) is 0 Å². The highest BCUT2D eigenvalue weighted by molar-refractivity contribution is 6.42. The molecule has 0 saturated carbocycles. The van der Waals surface area contributed by atoms with Crippen LogP contribution in [0.4, 0.5) is 0 Å². The molecule has 31 heavy (non-hydrogen) atoms. The van der Waals surface area contributed by atoms with Crippen LogP contribution in [0.2, 0.25) is 15.1 Å². The first kappa shape index (κ1) is 23.4. The summed E-state index contributed by atoms with van der Waals surface area (Å²) in [6.07, 6.45) is 6.46. The van der Waals surface area contributed by atoms with Crippen LogP contribution in [0.1, 0.15) is 42.4 Å². The summed E-state index contributed by atoms with van der Waals surface area (Å²) < 4.78 is 2.04. The van der Waals surface area contributed by atoms with Crippen LogP contribution in [0.25, 0.3) is 6.08 Å². The van der Waals surface area contributed by atoms with Crippen molar-refractivity contribution < 1.29 is 9.90 Å². The molecule has 0 aliphatic carbocycles. The van der Waals surface area contributed by atoms with E-state index >= 15 is 0 Å². The summed E-state index contributed by atoms with van der Waals surface area (Å²) in [5, 5.41) is 11.3. The molecule has 0 fully saturated rings. The number of carboxylic acid groups (broad SMARTS) is 1. The van der Waals surface area contributed by atoms with Crippen molar-refractivity contribution >= 4 is 46.8 Å². The van der Waals surface area contributed by atoms with Crippen LogP contribution in [0.15, 0.2) is 54.2 Å². The Morgan fingerprint density at radius 3 is 2.55 bits per heavy atom. The van der Waals surface area contributed by atoms with E-state index in [1.54, 1.807) is 30.5 Å². The highest BCUT2D eigenvalue weighted by atomic mass is 35.5. The number of benzene rings is 2. The molecule has 0 aliphatic heterocycles. The van der Waals surface area contributed by atoms with Gasteiger partial charge in [0.05, 0.1) is 28.5 Å². The van der Waals surface area contributed by atoms with E-state index in [1.807, 2.05) is 28.8 Å². The lowest BCUT2D eigenvalue weighted by Gasteiger charge is -2.13. The molecular weight excluding hydrogens is 455 g/mol. The van der Waals surface area contributed by atoms with Crippen LogP contribution in [0.5, 0.6) is 0 Å². The number of halogens is 3. The smallest absolute Gasteiger partial charge is 0.331 e. The minimum Gasteiger partial charge on any atom is -0.478 e. The van der Waals surface area contributed by atoms with E-state index in [2.05, 4.69) is 11.9 Å². The largest absolute Gasteiger partial charge is 0.478 e. The molecule has 0 amide bonds. The molecule has 1 heterocycles. The predicted octanol–water partition coefficient (Wildman–Crippen LogP) is 6.94. The maximum absolute atomic E-state index is 12.0. The van der Waals surface area contributed by atoms with Gasteiger partial charge >= 0.3 is 5.97 Å². The Balaban J connectivity index is 1.98. The van der Waals surface area contributed by atoms with E-state index in [9.17, 15) is 9.90 Å². The highest BCUT2D eigenvalue weighted by Crippen LogP contribution is 2.25. The van der Waals surface area contributed by atoms with Gasteiger partial charge in [0.2, 0.25) is 0 Å². The van der Waals surface area contributed by atoms with E-state index in [-0.39, 0.29) is 12.0 Å². The van der Waals surface area contributed by atoms with Gasteiger partial charge in [-0.2, -0.15) is 0 Å². The third-order valence-electron chi connectivity index (χ3n) is 4.98. The maximum atomic E-state index is 12.0. The second kappa shape index (κ2) is 10.9. The molecule has 3 aromatic rings. The number of unbranched alkanes of at least 4 members (excludes halogenated alkanes) is 1. The zero-order valence-corrected chi connectivity index (χ0v) is 19.4. The number of hydrogen-bond donors (Lipinski definition) is 1. The lowest BCUT2D eigenvalue weighted by Crippen LogP contribution is -2.09. The fraction of sp³-hybridized carbons (Fsp3) is 0.250. The Morgan fingerprint density at radius 1 is 1.10 bits per heavy atom. The van der Waals surface area contributed by atoms with E-state index in [4.69, 9.17) is 34.8 Å². The molecule has 0 aliphatic rings. The van der Waals surface area contributed by atoms with E-state index in [0.717, 1.165) is 41.9 Å². The summed E-state index contributed by atoms with van der Waals surface area (Å²) in [6, 6.07) is 12.8. The molecule has 1 N–H and O–H groups in total. The predicted molar refractivity (Wildman–Crippen MR) is 127 cm³/mol. The van der Waals surface area contributed by atoms with Gasteiger partial charge in [0, 0.05) is 23.4 Å².